The molecule has 0 radical (unpaired) electrons. The first-order valence-corrected chi connectivity index (χ1v) is 12.5. The van der Waals surface area contributed by atoms with E-state index in [1.807, 2.05) is 32.0 Å². The normalized spacial score (nSPS) is 12.2. The summed E-state index contributed by atoms with van der Waals surface area (Å²) in [5.41, 5.74) is 2.52. The number of nitrogens with two attached hydrogens (primary N) is 1. The number of amides is 2. The van der Waals surface area contributed by atoms with Gasteiger partial charge in [0.25, 0.3) is 11.8 Å². The average molecular weight is 541 g/mol. The molecule has 0 aliphatic heterocycles. The number of aryl methyl sites for hydroxylation is 2. The Balaban J connectivity index is 2.01. The van der Waals surface area contributed by atoms with Gasteiger partial charge in [-0.3, -0.25) is 9.59 Å². The summed E-state index contributed by atoms with van der Waals surface area (Å²) in [4.78, 5) is 26.0. The second-order valence-corrected chi connectivity index (χ2v) is 10.3. The predicted octanol–water partition coefficient (Wildman–Crippen LogP) is 5.02. The molecule has 0 aliphatic carbocycles. The number of nitrogens with one attached hydrogen (secondary N) is 2. The maximum Gasteiger partial charge on any atom is 0.253 e. The molecule has 4 N–H and O–H groups in total. The number of sulfonamides is 1. The number of benzene rings is 3. The van der Waals surface area contributed by atoms with Crippen molar-refractivity contribution in [1.29, 1.82) is 0 Å². The summed E-state index contributed by atoms with van der Waals surface area (Å²) in [7, 11) is -4.22. The van der Waals surface area contributed by atoms with Crippen molar-refractivity contribution < 1.29 is 18.0 Å². The molecule has 0 saturated heterocycles. The Hall–Kier alpha value is -2.62. The van der Waals surface area contributed by atoms with E-state index in [0.29, 0.717) is 16.3 Å². The zero-order chi connectivity index (χ0) is 25.2. The molecule has 178 valence electrons. The van der Waals surface area contributed by atoms with Gasteiger partial charge in [-0.15, -0.1) is 0 Å². The van der Waals surface area contributed by atoms with Crippen molar-refractivity contribution in [2.45, 2.75) is 24.8 Å². The molecule has 0 heterocycles. The number of anilines is 1. The number of hydrogen-bond donors (Lipinski definition) is 3. The van der Waals surface area contributed by atoms with Crippen LogP contribution in [0.3, 0.4) is 0 Å². The molecule has 11 heteroatoms. The van der Waals surface area contributed by atoms with Crippen LogP contribution in [0.2, 0.25) is 15.1 Å². The standard InChI is InChI=1S/C23H20Cl3N3O4S/c1-12-4-3-5-13(2)20(12)28-23(31)21(14-6-8-15(24)9-7-14)29-22(30)16-10-19(34(27,32)33)18(26)11-17(16)25/h3-11,21H,1-2H3,(H,28,31)(H,29,30)(H2,27,32,33). The molecule has 1 unspecified atom stereocenters. The van der Waals surface area contributed by atoms with Crippen molar-refractivity contribution in [3.63, 3.8) is 0 Å². The number of rotatable bonds is 6. The second-order valence-electron chi connectivity index (χ2n) is 7.52. The van der Waals surface area contributed by atoms with Crippen LogP contribution in [-0.2, 0) is 14.8 Å². The zero-order valence-corrected chi connectivity index (χ0v) is 21.1. The molecule has 3 aromatic carbocycles. The van der Waals surface area contributed by atoms with Crippen molar-refractivity contribution in [1.82, 2.24) is 5.32 Å². The largest absolute Gasteiger partial charge is 0.336 e. The van der Waals surface area contributed by atoms with Crippen LogP contribution in [-0.4, -0.2) is 20.2 Å². The van der Waals surface area contributed by atoms with Crippen LogP contribution in [0.1, 0.15) is 33.1 Å². The highest BCUT2D eigenvalue weighted by molar-refractivity contribution is 7.89. The van der Waals surface area contributed by atoms with E-state index in [1.54, 1.807) is 24.3 Å². The highest BCUT2D eigenvalue weighted by atomic mass is 35.5. The molecule has 3 aromatic rings. The van der Waals surface area contributed by atoms with Crippen molar-refractivity contribution in [2.75, 3.05) is 5.32 Å². The molecule has 34 heavy (non-hydrogen) atoms. The highest BCUT2D eigenvalue weighted by Gasteiger charge is 2.27. The van der Waals surface area contributed by atoms with Crippen LogP contribution in [0, 0.1) is 13.8 Å². The molecular weight excluding hydrogens is 521 g/mol. The molecule has 0 saturated carbocycles. The Morgan fingerprint density at radius 2 is 1.50 bits per heavy atom. The van der Waals surface area contributed by atoms with E-state index < -0.39 is 32.8 Å². The van der Waals surface area contributed by atoms with Gasteiger partial charge in [0.05, 0.1) is 15.6 Å². The Morgan fingerprint density at radius 1 is 0.912 bits per heavy atom. The monoisotopic (exact) mass is 539 g/mol. The van der Waals surface area contributed by atoms with Gasteiger partial charge in [-0.05, 0) is 54.8 Å². The Bertz CT molecular complexity index is 1360. The van der Waals surface area contributed by atoms with E-state index in [-0.39, 0.29) is 15.6 Å². The van der Waals surface area contributed by atoms with Crippen LogP contribution in [0.5, 0.6) is 0 Å². The van der Waals surface area contributed by atoms with Gasteiger partial charge in [0, 0.05) is 10.7 Å². The topological polar surface area (TPSA) is 118 Å². The minimum atomic E-state index is -4.22. The van der Waals surface area contributed by atoms with Gasteiger partial charge in [0.1, 0.15) is 10.9 Å². The molecule has 2 amide bonds. The lowest BCUT2D eigenvalue weighted by Gasteiger charge is -2.21. The Labute approximate surface area is 212 Å². The van der Waals surface area contributed by atoms with Gasteiger partial charge in [-0.25, -0.2) is 13.6 Å². The van der Waals surface area contributed by atoms with E-state index in [4.69, 9.17) is 39.9 Å². The van der Waals surface area contributed by atoms with Crippen LogP contribution in [0.25, 0.3) is 0 Å². The fraction of sp³-hybridized carbons (Fsp3) is 0.130. The summed E-state index contributed by atoms with van der Waals surface area (Å²) in [6, 6.07) is 12.8. The van der Waals surface area contributed by atoms with Crippen LogP contribution in [0.15, 0.2) is 59.5 Å². The first-order valence-electron chi connectivity index (χ1n) is 9.83. The summed E-state index contributed by atoms with van der Waals surface area (Å²) in [6.07, 6.45) is 0. The zero-order valence-electron chi connectivity index (χ0n) is 18.0. The lowest BCUT2D eigenvalue weighted by atomic mass is 10.0. The minimum Gasteiger partial charge on any atom is -0.336 e. The van der Waals surface area contributed by atoms with Gasteiger partial charge >= 0.3 is 0 Å². The first-order chi connectivity index (χ1) is 15.9. The smallest absolute Gasteiger partial charge is 0.253 e. The lowest BCUT2D eigenvalue weighted by Crippen LogP contribution is -2.37. The van der Waals surface area contributed by atoms with Gasteiger partial charge in [0.15, 0.2) is 0 Å². The van der Waals surface area contributed by atoms with Gasteiger partial charge in [-0.2, -0.15) is 0 Å². The van der Waals surface area contributed by atoms with E-state index in [2.05, 4.69) is 10.6 Å². The van der Waals surface area contributed by atoms with Crippen molar-refractivity contribution in [3.8, 4) is 0 Å². The van der Waals surface area contributed by atoms with E-state index in [1.165, 1.54) is 0 Å². The Morgan fingerprint density at radius 3 is 2.06 bits per heavy atom. The summed E-state index contributed by atoms with van der Waals surface area (Å²) >= 11 is 18.1. The predicted molar refractivity (Wildman–Crippen MR) is 134 cm³/mol. The van der Waals surface area contributed by atoms with Gasteiger partial charge < -0.3 is 10.6 Å². The summed E-state index contributed by atoms with van der Waals surface area (Å²) in [5, 5.41) is 10.7. The quantitative estimate of drug-likeness (QED) is 0.407. The molecule has 1 atom stereocenters. The lowest BCUT2D eigenvalue weighted by molar-refractivity contribution is -0.118. The summed E-state index contributed by atoms with van der Waals surface area (Å²) in [6.45, 7) is 3.70. The third-order valence-electron chi connectivity index (χ3n) is 5.04. The van der Waals surface area contributed by atoms with E-state index in [0.717, 1.165) is 23.3 Å². The van der Waals surface area contributed by atoms with Crippen molar-refractivity contribution in [3.05, 3.63) is 91.9 Å². The average Bonchev–Trinajstić information content (AvgIpc) is 2.74. The third kappa shape index (κ3) is 5.89. The van der Waals surface area contributed by atoms with Crippen LogP contribution >= 0.6 is 34.8 Å². The third-order valence-corrected chi connectivity index (χ3v) is 6.98. The summed E-state index contributed by atoms with van der Waals surface area (Å²) in [5.74, 6) is -1.33. The highest BCUT2D eigenvalue weighted by Crippen LogP contribution is 2.29. The minimum absolute atomic E-state index is 0.111. The molecule has 0 bridgehead atoms. The van der Waals surface area contributed by atoms with Gasteiger partial charge in [-0.1, -0.05) is 65.1 Å². The molecule has 7 nitrogen and oxygen atoms in total. The number of carbonyl (C=O) groups excluding carboxylic acids is 2. The number of primary sulfonamides is 1. The van der Waals surface area contributed by atoms with Crippen molar-refractivity contribution >= 4 is 62.3 Å². The maximum atomic E-state index is 13.3. The molecular formula is C23H20Cl3N3O4S. The fourth-order valence-corrected chi connectivity index (χ4v) is 4.82. The first kappa shape index (κ1) is 26.0. The SMILES string of the molecule is Cc1cccc(C)c1NC(=O)C(NC(=O)c1cc(S(N)(=O)=O)c(Cl)cc1Cl)c1ccc(Cl)cc1. The number of halogens is 3. The van der Waals surface area contributed by atoms with E-state index in [9.17, 15) is 18.0 Å². The molecule has 0 aliphatic rings. The fourth-order valence-electron chi connectivity index (χ4n) is 3.29. The number of carbonyl (C=O) groups is 2. The van der Waals surface area contributed by atoms with Crippen molar-refractivity contribution in [2.24, 2.45) is 5.14 Å². The maximum absolute atomic E-state index is 13.3. The Kier molecular flexibility index (Phi) is 7.90. The second kappa shape index (κ2) is 10.3. The molecule has 3 rings (SSSR count). The van der Waals surface area contributed by atoms with Crippen LogP contribution < -0.4 is 15.8 Å². The summed E-state index contributed by atoms with van der Waals surface area (Å²) < 4.78 is 23.7. The molecule has 0 fully saturated rings. The molecule has 0 spiro atoms. The van der Waals surface area contributed by atoms with E-state index >= 15 is 0 Å². The number of para-hydroxylation sites is 1. The molecule has 0 aromatic heterocycles. The number of hydrogen-bond acceptors (Lipinski definition) is 4. The van der Waals surface area contributed by atoms with Crippen LogP contribution in [0.4, 0.5) is 5.69 Å². The van der Waals surface area contributed by atoms with Gasteiger partial charge in [0.2, 0.25) is 10.0 Å².